The van der Waals surface area contributed by atoms with Gasteiger partial charge in [-0.1, -0.05) is 12.1 Å². The second-order valence-corrected chi connectivity index (χ2v) is 6.17. The van der Waals surface area contributed by atoms with Gasteiger partial charge in [0.25, 0.3) is 5.24 Å². The summed E-state index contributed by atoms with van der Waals surface area (Å²) in [5, 5.41) is 10.2. The Morgan fingerprint density at radius 1 is 1.41 bits per heavy atom. The molecule has 0 spiro atoms. The molecule has 1 aromatic rings. The van der Waals surface area contributed by atoms with Crippen LogP contribution in [-0.4, -0.2) is 40.6 Å². The molecule has 0 aromatic heterocycles. The van der Waals surface area contributed by atoms with E-state index in [4.69, 9.17) is 5.11 Å². The van der Waals surface area contributed by atoms with E-state index in [1.165, 1.54) is 0 Å². The molecular weight excluding hydrogens is 304 g/mol. The third kappa shape index (κ3) is 3.86. The first-order chi connectivity index (χ1) is 10.5. The Morgan fingerprint density at radius 2 is 2.18 bits per heavy atom. The van der Waals surface area contributed by atoms with Crippen molar-refractivity contribution >= 4 is 34.5 Å². The SMILES string of the molecule is Cc1cccc(N2C(=O)SC(CC(=O)NCCCO)C2=O)c1. The Hall–Kier alpha value is -1.86. The Morgan fingerprint density at radius 3 is 2.86 bits per heavy atom. The molecule has 0 saturated carbocycles. The lowest BCUT2D eigenvalue weighted by Crippen LogP contribution is -2.34. The largest absolute Gasteiger partial charge is 0.396 e. The standard InChI is InChI=1S/C15H18N2O4S/c1-10-4-2-5-11(8-10)17-14(20)12(22-15(17)21)9-13(19)16-6-3-7-18/h2,4-5,8,12,18H,3,6-7,9H2,1H3,(H,16,19). The van der Waals surface area contributed by atoms with Crippen molar-refractivity contribution in [1.29, 1.82) is 0 Å². The van der Waals surface area contributed by atoms with Crippen LogP contribution in [0.15, 0.2) is 24.3 Å². The number of carbonyl (C=O) groups excluding carboxylic acids is 3. The summed E-state index contributed by atoms with van der Waals surface area (Å²) in [5.74, 6) is -0.656. The highest BCUT2D eigenvalue weighted by Crippen LogP contribution is 2.33. The molecule has 2 N–H and O–H groups in total. The van der Waals surface area contributed by atoms with Crippen LogP contribution in [0.5, 0.6) is 0 Å². The number of hydrogen-bond acceptors (Lipinski definition) is 5. The summed E-state index contributed by atoms with van der Waals surface area (Å²) in [7, 11) is 0. The summed E-state index contributed by atoms with van der Waals surface area (Å²) in [6.07, 6.45) is 0.425. The van der Waals surface area contributed by atoms with Gasteiger partial charge in [0.2, 0.25) is 11.8 Å². The second kappa shape index (κ2) is 7.42. The maximum absolute atomic E-state index is 12.4. The number of anilines is 1. The van der Waals surface area contributed by atoms with Crippen LogP contribution in [0, 0.1) is 6.92 Å². The van der Waals surface area contributed by atoms with Gasteiger partial charge in [0, 0.05) is 19.6 Å². The molecule has 1 heterocycles. The minimum Gasteiger partial charge on any atom is -0.396 e. The lowest BCUT2D eigenvalue weighted by Gasteiger charge is -2.14. The highest BCUT2D eigenvalue weighted by Gasteiger charge is 2.41. The molecule has 0 bridgehead atoms. The molecule has 3 amide bonds. The van der Waals surface area contributed by atoms with Crippen LogP contribution in [0.1, 0.15) is 18.4 Å². The maximum Gasteiger partial charge on any atom is 0.293 e. The molecule has 7 heteroatoms. The van der Waals surface area contributed by atoms with Crippen molar-refractivity contribution in [2.45, 2.75) is 25.0 Å². The predicted molar refractivity (Wildman–Crippen MR) is 84.8 cm³/mol. The molecule has 2 rings (SSSR count). The molecule has 1 aromatic carbocycles. The fourth-order valence-electron chi connectivity index (χ4n) is 2.13. The van der Waals surface area contributed by atoms with E-state index in [0.29, 0.717) is 18.7 Å². The Balaban J connectivity index is 2.01. The second-order valence-electron chi connectivity index (χ2n) is 5.02. The van der Waals surface area contributed by atoms with E-state index in [0.717, 1.165) is 22.2 Å². The quantitative estimate of drug-likeness (QED) is 0.774. The summed E-state index contributed by atoms with van der Waals surface area (Å²) < 4.78 is 0. The first-order valence-electron chi connectivity index (χ1n) is 7.01. The number of imide groups is 1. The van der Waals surface area contributed by atoms with E-state index >= 15 is 0 Å². The van der Waals surface area contributed by atoms with Crippen molar-refractivity contribution in [2.75, 3.05) is 18.1 Å². The molecule has 1 unspecified atom stereocenters. The first kappa shape index (κ1) is 16.5. The molecule has 6 nitrogen and oxygen atoms in total. The monoisotopic (exact) mass is 322 g/mol. The average Bonchev–Trinajstić information content (AvgIpc) is 2.73. The fraction of sp³-hybridized carbons (Fsp3) is 0.400. The molecule has 0 aliphatic carbocycles. The minimum absolute atomic E-state index is 0.00297. The predicted octanol–water partition coefficient (Wildman–Crippen LogP) is 1.45. The smallest absolute Gasteiger partial charge is 0.293 e. The van der Waals surface area contributed by atoms with E-state index in [-0.39, 0.29) is 30.1 Å². The topological polar surface area (TPSA) is 86.7 Å². The van der Waals surface area contributed by atoms with E-state index in [1.807, 2.05) is 13.0 Å². The van der Waals surface area contributed by atoms with Gasteiger partial charge in [-0.2, -0.15) is 0 Å². The van der Waals surface area contributed by atoms with E-state index in [2.05, 4.69) is 5.32 Å². The van der Waals surface area contributed by atoms with Crippen LogP contribution in [0.2, 0.25) is 0 Å². The zero-order valence-electron chi connectivity index (χ0n) is 12.2. The molecule has 1 aliphatic rings. The number of aliphatic hydroxyl groups excluding tert-OH is 1. The number of aliphatic hydroxyl groups is 1. The Kier molecular flexibility index (Phi) is 5.57. The zero-order valence-corrected chi connectivity index (χ0v) is 13.1. The van der Waals surface area contributed by atoms with Crippen LogP contribution in [0.25, 0.3) is 0 Å². The summed E-state index contributed by atoms with van der Waals surface area (Å²) in [5.41, 5.74) is 1.49. The van der Waals surface area contributed by atoms with Gasteiger partial charge >= 0.3 is 0 Å². The van der Waals surface area contributed by atoms with Gasteiger partial charge in [0.1, 0.15) is 5.25 Å². The van der Waals surface area contributed by atoms with Gasteiger partial charge in [0.05, 0.1) is 5.69 Å². The van der Waals surface area contributed by atoms with Gasteiger partial charge in [0.15, 0.2) is 0 Å². The number of aryl methyl sites for hydroxylation is 1. The van der Waals surface area contributed by atoms with Gasteiger partial charge in [-0.3, -0.25) is 14.4 Å². The number of carbonyl (C=O) groups is 3. The molecule has 1 aliphatic heterocycles. The third-order valence-corrected chi connectivity index (χ3v) is 4.25. The number of benzene rings is 1. The number of hydrogen-bond donors (Lipinski definition) is 2. The van der Waals surface area contributed by atoms with Gasteiger partial charge in [-0.15, -0.1) is 0 Å². The van der Waals surface area contributed by atoms with Gasteiger partial charge in [-0.25, -0.2) is 4.90 Å². The molecule has 1 atom stereocenters. The van der Waals surface area contributed by atoms with Crippen molar-refractivity contribution in [3.8, 4) is 0 Å². The van der Waals surface area contributed by atoms with Crippen LogP contribution >= 0.6 is 11.8 Å². The van der Waals surface area contributed by atoms with Crippen LogP contribution in [0.3, 0.4) is 0 Å². The summed E-state index contributed by atoms with van der Waals surface area (Å²) in [4.78, 5) is 37.3. The van der Waals surface area contributed by atoms with E-state index in [9.17, 15) is 14.4 Å². The average molecular weight is 322 g/mol. The maximum atomic E-state index is 12.4. The molecule has 22 heavy (non-hydrogen) atoms. The third-order valence-electron chi connectivity index (χ3n) is 3.21. The Labute approximate surface area is 132 Å². The highest BCUT2D eigenvalue weighted by atomic mass is 32.2. The number of nitrogens with one attached hydrogen (secondary N) is 1. The molecule has 1 fully saturated rings. The van der Waals surface area contributed by atoms with Crippen molar-refractivity contribution in [1.82, 2.24) is 5.32 Å². The van der Waals surface area contributed by atoms with Crippen LogP contribution in [0.4, 0.5) is 10.5 Å². The van der Waals surface area contributed by atoms with Gasteiger partial charge < -0.3 is 10.4 Å². The first-order valence-corrected chi connectivity index (χ1v) is 7.89. The summed E-state index contributed by atoms with van der Waals surface area (Å²) in [6, 6.07) is 7.13. The molecule has 0 radical (unpaired) electrons. The Bertz CT molecular complexity index is 591. The lowest BCUT2D eigenvalue weighted by molar-refractivity contribution is -0.124. The highest BCUT2D eigenvalue weighted by molar-refractivity contribution is 8.15. The van der Waals surface area contributed by atoms with Crippen molar-refractivity contribution < 1.29 is 19.5 Å². The number of nitrogens with zero attached hydrogens (tertiary/aromatic N) is 1. The van der Waals surface area contributed by atoms with E-state index < -0.39 is 5.25 Å². The molecular formula is C15H18N2O4S. The zero-order chi connectivity index (χ0) is 16.1. The summed E-state index contributed by atoms with van der Waals surface area (Å²) in [6.45, 7) is 2.24. The van der Waals surface area contributed by atoms with Gasteiger partial charge in [-0.05, 0) is 42.8 Å². The number of rotatable bonds is 6. The minimum atomic E-state index is -0.692. The lowest BCUT2D eigenvalue weighted by atomic mass is 10.2. The van der Waals surface area contributed by atoms with Crippen molar-refractivity contribution in [3.63, 3.8) is 0 Å². The van der Waals surface area contributed by atoms with E-state index in [1.54, 1.807) is 18.2 Å². The molecule has 118 valence electrons. The fourth-order valence-corrected chi connectivity index (χ4v) is 3.12. The number of amides is 3. The van der Waals surface area contributed by atoms with Crippen molar-refractivity contribution in [3.05, 3.63) is 29.8 Å². The van der Waals surface area contributed by atoms with Crippen molar-refractivity contribution in [2.24, 2.45) is 0 Å². The van der Waals surface area contributed by atoms with Crippen LogP contribution in [-0.2, 0) is 9.59 Å². The number of thioether (sulfide) groups is 1. The normalized spacial score (nSPS) is 17.9. The van der Waals surface area contributed by atoms with Crippen LogP contribution < -0.4 is 10.2 Å². The molecule has 1 saturated heterocycles. The summed E-state index contributed by atoms with van der Waals surface area (Å²) >= 11 is 0.877.